The Kier molecular flexibility index (Phi) is 1.71. The molecule has 16 heavy (non-hydrogen) atoms. The summed E-state index contributed by atoms with van der Waals surface area (Å²) >= 11 is 0. The lowest BCUT2D eigenvalue weighted by Gasteiger charge is -2.02. The van der Waals surface area contributed by atoms with Gasteiger partial charge in [-0.2, -0.15) is 0 Å². The van der Waals surface area contributed by atoms with Crippen LogP contribution in [0, 0.1) is 0 Å². The van der Waals surface area contributed by atoms with Crippen LogP contribution < -0.4 is 15.2 Å². The van der Waals surface area contributed by atoms with Crippen LogP contribution in [0.5, 0.6) is 11.5 Å². The largest absolute Gasteiger partial charge is 0.454 e. The van der Waals surface area contributed by atoms with E-state index in [-0.39, 0.29) is 12.9 Å². The smallest absolute Gasteiger partial charge is 0.252 e. The molecule has 1 amide bonds. The molecule has 1 aromatic rings. The lowest BCUT2D eigenvalue weighted by Crippen LogP contribution is -2.29. The van der Waals surface area contributed by atoms with E-state index in [0.29, 0.717) is 11.5 Å². The van der Waals surface area contributed by atoms with Crippen LogP contribution in [0.25, 0.3) is 0 Å². The summed E-state index contributed by atoms with van der Waals surface area (Å²) in [6.45, 7) is 1.92. The number of hydrogen-bond acceptors (Lipinski definition) is 4. The molecule has 2 aliphatic rings. The molecule has 1 aromatic carbocycles. The van der Waals surface area contributed by atoms with E-state index in [2.05, 4.69) is 0 Å². The van der Waals surface area contributed by atoms with Gasteiger partial charge in [0.25, 0.3) is 5.91 Å². The molecule has 2 aliphatic heterocycles. The molecule has 1 saturated heterocycles. The van der Waals surface area contributed by atoms with Crippen LogP contribution >= 0.6 is 0 Å². The highest BCUT2D eigenvalue weighted by Crippen LogP contribution is 2.50. The van der Waals surface area contributed by atoms with Gasteiger partial charge < -0.3 is 19.9 Å². The minimum atomic E-state index is -0.881. The first kappa shape index (κ1) is 9.47. The second kappa shape index (κ2) is 2.89. The van der Waals surface area contributed by atoms with Gasteiger partial charge in [0.1, 0.15) is 6.10 Å². The molecule has 0 radical (unpaired) electrons. The average Bonchev–Trinajstić information content (AvgIpc) is 2.75. The molecule has 0 bridgehead atoms. The van der Waals surface area contributed by atoms with Gasteiger partial charge in [-0.05, 0) is 24.6 Å². The van der Waals surface area contributed by atoms with E-state index < -0.39 is 11.5 Å². The molecule has 2 heterocycles. The summed E-state index contributed by atoms with van der Waals surface area (Å²) in [6, 6.07) is 5.48. The number of hydrogen-bond donors (Lipinski definition) is 1. The maximum absolute atomic E-state index is 11.1. The van der Waals surface area contributed by atoms with Gasteiger partial charge in [0.2, 0.25) is 6.79 Å². The number of fused-ring (bicyclic) bond motifs is 1. The van der Waals surface area contributed by atoms with Crippen molar-refractivity contribution in [1.82, 2.24) is 0 Å². The lowest BCUT2D eigenvalue weighted by molar-refractivity contribution is -0.122. The van der Waals surface area contributed by atoms with Crippen LogP contribution in [0.2, 0.25) is 0 Å². The fourth-order valence-corrected chi connectivity index (χ4v) is 1.86. The van der Waals surface area contributed by atoms with E-state index in [1.54, 1.807) is 13.0 Å². The number of amides is 1. The van der Waals surface area contributed by atoms with E-state index in [1.165, 1.54) is 0 Å². The highest BCUT2D eigenvalue weighted by Gasteiger charge is 2.58. The van der Waals surface area contributed by atoms with Crippen molar-refractivity contribution in [2.24, 2.45) is 5.73 Å². The second-order valence-corrected chi connectivity index (χ2v) is 4.08. The molecule has 0 aliphatic carbocycles. The zero-order chi connectivity index (χ0) is 11.3. The molecule has 2 atom stereocenters. The van der Waals surface area contributed by atoms with E-state index in [1.807, 2.05) is 12.1 Å². The van der Waals surface area contributed by atoms with Crippen LogP contribution in [0.4, 0.5) is 0 Å². The maximum atomic E-state index is 11.1. The van der Waals surface area contributed by atoms with Crippen LogP contribution in [-0.2, 0) is 9.53 Å². The Labute approximate surface area is 92.1 Å². The van der Waals surface area contributed by atoms with Crippen LogP contribution in [0.3, 0.4) is 0 Å². The van der Waals surface area contributed by atoms with E-state index in [9.17, 15) is 4.79 Å². The number of ether oxygens (including phenoxy) is 3. The zero-order valence-corrected chi connectivity index (χ0v) is 8.73. The molecular formula is C11H11NO4. The molecule has 5 nitrogen and oxygen atoms in total. The van der Waals surface area contributed by atoms with Gasteiger partial charge in [0.05, 0.1) is 0 Å². The predicted molar refractivity (Wildman–Crippen MR) is 54.0 cm³/mol. The minimum Gasteiger partial charge on any atom is -0.454 e. The third kappa shape index (κ3) is 1.18. The summed E-state index contributed by atoms with van der Waals surface area (Å²) in [5.41, 5.74) is 5.25. The Morgan fingerprint density at radius 3 is 2.88 bits per heavy atom. The van der Waals surface area contributed by atoms with Crippen molar-refractivity contribution in [3.63, 3.8) is 0 Å². The van der Waals surface area contributed by atoms with E-state index >= 15 is 0 Å². The Hall–Kier alpha value is -1.75. The summed E-state index contributed by atoms with van der Waals surface area (Å²) in [4.78, 5) is 11.1. The van der Waals surface area contributed by atoms with Gasteiger partial charge in [-0.25, -0.2) is 0 Å². The molecule has 2 N–H and O–H groups in total. The van der Waals surface area contributed by atoms with Gasteiger partial charge in [-0.3, -0.25) is 4.79 Å². The third-order valence-electron chi connectivity index (χ3n) is 2.99. The van der Waals surface area contributed by atoms with Gasteiger partial charge in [0, 0.05) is 0 Å². The SMILES string of the molecule is C[C@@]1(C(N)=O)O[C@H]1c1ccc2c(c1)OCO2. The summed E-state index contributed by atoms with van der Waals surface area (Å²) in [5, 5.41) is 0. The molecule has 0 unspecified atom stereocenters. The fraction of sp³-hybridized carbons (Fsp3) is 0.364. The van der Waals surface area contributed by atoms with Crippen molar-refractivity contribution in [2.45, 2.75) is 18.6 Å². The zero-order valence-electron chi connectivity index (χ0n) is 8.73. The number of benzene rings is 1. The Balaban J connectivity index is 1.90. The number of rotatable bonds is 2. The minimum absolute atomic E-state index is 0.234. The first-order chi connectivity index (χ1) is 7.61. The highest BCUT2D eigenvalue weighted by molar-refractivity contribution is 5.86. The lowest BCUT2D eigenvalue weighted by atomic mass is 10.0. The van der Waals surface area contributed by atoms with Crippen molar-refractivity contribution in [3.8, 4) is 11.5 Å². The molecule has 84 valence electrons. The first-order valence-electron chi connectivity index (χ1n) is 4.98. The molecule has 0 saturated carbocycles. The number of carbonyl (C=O) groups excluding carboxylic acids is 1. The molecule has 1 fully saturated rings. The standard InChI is InChI=1S/C11H11NO4/c1-11(10(12)13)9(16-11)6-2-3-7-8(4-6)15-5-14-7/h2-4,9H,5H2,1H3,(H2,12,13)/t9-,11+/m0/s1. The molecule has 0 spiro atoms. The molecule has 0 aromatic heterocycles. The van der Waals surface area contributed by atoms with Crippen LogP contribution in [-0.4, -0.2) is 18.3 Å². The van der Waals surface area contributed by atoms with Crippen molar-refractivity contribution >= 4 is 5.91 Å². The average molecular weight is 221 g/mol. The van der Waals surface area contributed by atoms with Gasteiger partial charge in [0.15, 0.2) is 17.1 Å². The quantitative estimate of drug-likeness (QED) is 0.747. The third-order valence-corrected chi connectivity index (χ3v) is 2.99. The maximum Gasteiger partial charge on any atom is 0.252 e. The summed E-state index contributed by atoms with van der Waals surface area (Å²) in [6.07, 6.45) is -0.278. The van der Waals surface area contributed by atoms with Gasteiger partial charge in [-0.1, -0.05) is 6.07 Å². The molecular weight excluding hydrogens is 210 g/mol. The molecule has 3 rings (SSSR count). The van der Waals surface area contributed by atoms with Crippen LogP contribution in [0.15, 0.2) is 18.2 Å². The topological polar surface area (TPSA) is 74.1 Å². The van der Waals surface area contributed by atoms with Gasteiger partial charge >= 0.3 is 0 Å². The Morgan fingerprint density at radius 2 is 2.19 bits per heavy atom. The summed E-state index contributed by atoms with van der Waals surface area (Å²) < 4.78 is 15.8. The normalized spacial score (nSPS) is 30.2. The predicted octanol–water partition coefficient (Wildman–Crippen LogP) is 0.731. The number of carbonyl (C=O) groups is 1. The Morgan fingerprint density at radius 1 is 1.44 bits per heavy atom. The first-order valence-corrected chi connectivity index (χ1v) is 4.98. The number of nitrogens with two attached hydrogens (primary N) is 1. The summed E-state index contributed by atoms with van der Waals surface area (Å²) in [7, 11) is 0. The van der Waals surface area contributed by atoms with E-state index in [0.717, 1.165) is 5.56 Å². The highest BCUT2D eigenvalue weighted by atomic mass is 16.7. The van der Waals surface area contributed by atoms with Crippen LogP contribution in [0.1, 0.15) is 18.6 Å². The Bertz CT molecular complexity index is 473. The van der Waals surface area contributed by atoms with Gasteiger partial charge in [-0.15, -0.1) is 0 Å². The summed E-state index contributed by atoms with van der Waals surface area (Å²) in [5.74, 6) is 0.945. The molecule has 5 heteroatoms. The van der Waals surface area contributed by atoms with E-state index in [4.69, 9.17) is 19.9 Å². The van der Waals surface area contributed by atoms with Crippen molar-refractivity contribution < 1.29 is 19.0 Å². The van der Waals surface area contributed by atoms with Crippen molar-refractivity contribution in [2.75, 3.05) is 6.79 Å². The fourth-order valence-electron chi connectivity index (χ4n) is 1.86. The number of primary amides is 1. The van der Waals surface area contributed by atoms with Crippen molar-refractivity contribution in [3.05, 3.63) is 23.8 Å². The monoisotopic (exact) mass is 221 g/mol. The second-order valence-electron chi connectivity index (χ2n) is 4.08. The van der Waals surface area contributed by atoms with Crippen molar-refractivity contribution in [1.29, 1.82) is 0 Å². The number of epoxide rings is 1.